The second kappa shape index (κ2) is 8.41. The zero-order valence-corrected chi connectivity index (χ0v) is 17.4. The van der Waals surface area contributed by atoms with Crippen LogP contribution in [-0.2, 0) is 4.79 Å². The van der Waals surface area contributed by atoms with Crippen molar-refractivity contribution >= 4 is 33.2 Å². The van der Waals surface area contributed by atoms with E-state index in [1.165, 1.54) is 0 Å². The molecule has 5 nitrogen and oxygen atoms in total. The number of anilines is 1. The molecule has 0 spiro atoms. The van der Waals surface area contributed by atoms with Gasteiger partial charge >= 0.3 is 0 Å². The number of amides is 1. The number of nitriles is 1. The van der Waals surface area contributed by atoms with Crippen molar-refractivity contribution < 1.29 is 9.53 Å². The van der Waals surface area contributed by atoms with Gasteiger partial charge in [0.25, 0.3) is 5.91 Å². The molecule has 0 radical (unpaired) electrons. The molecule has 0 fully saturated rings. The average Bonchev–Trinajstić information content (AvgIpc) is 2.68. The van der Waals surface area contributed by atoms with Gasteiger partial charge in [-0.05, 0) is 43.7 Å². The van der Waals surface area contributed by atoms with Gasteiger partial charge in [0.2, 0.25) is 0 Å². The number of nitrogens with one attached hydrogen (secondary N) is 1. The minimum Gasteiger partial charge on any atom is -0.495 e. The number of methoxy groups -OCH3 is 1. The van der Waals surface area contributed by atoms with Crippen LogP contribution in [0.4, 0.5) is 5.69 Å². The van der Waals surface area contributed by atoms with Crippen LogP contribution in [0.5, 0.6) is 5.75 Å². The van der Waals surface area contributed by atoms with Crippen LogP contribution in [0.15, 0.2) is 69.3 Å². The third-order valence-electron chi connectivity index (χ3n) is 4.80. The molecule has 2 atom stereocenters. The standard InChI is InChI=1S/C22H20BrN3O2/c1-13-17(12-24)21(15-8-10-16(23)11-9-15)20(14(2)25-13)22(27)26-18-6-4-5-7-19(18)28-3/h4-11,17,21H,1-3H3,(H,26,27). The van der Waals surface area contributed by atoms with Gasteiger partial charge in [-0.1, -0.05) is 40.2 Å². The van der Waals surface area contributed by atoms with Gasteiger partial charge in [-0.25, -0.2) is 0 Å². The van der Waals surface area contributed by atoms with Gasteiger partial charge in [0, 0.05) is 27.4 Å². The molecule has 3 rings (SSSR count). The van der Waals surface area contributed by atoms with Gasteiger partial charge in [0.1, 0.15) is 5.75 Å². The van der Waals surface area contributed by atoms with Crippen LogP contribution in [0.2, 0.25) is 0 Å². The molecule has 6 heteroatoms. The first-order valence-electron chi connectivity index (χ1n) is 8.81. The van der Waals surface area contributed by atoms with Crippen molar-refractivity contribution in [2.24, 2.45) is 10.9 Å². The van der Waals surface area contributed by atoms with Crippen LogP contribution < -0.4 is 10.1 Å². The molecule has 0 aromatic heterocycles. The number of para-hydroxylation sites is 2. The first-order chi connectivity index (χ1) is 13.5. The Morgan fingerprint density at radius 2 is 1.86 bits per heavy atom. The molecular formula is C22H20BrN3O2. The lowest BCUT2D eigenvalue weighted by Gasteiger charge is -2.29. The van der Waals surface area contributed by atoms with E-state index in [-0.39, 0.29) is 5.91 Å². The molecular weight excluding hydrogens is 418 g/mol. The summed E-state index contributed by atoms with van der Waals surface area (Å²) in [5, 5.41) is 12.7. The Hall–Kier alpha value is -2.91. The Morgan fingerprint density at radius 3 is 2.50 bits per heavy atom. The summed E-state index contributed by atoms with van der Waals surface area (Å²) >= 11 is 3.44. The smallest absolute Gasteiger partial charge is 0.254 e. The molecule has 2 aromatic rings. The molecule has 0 saturated heterocycles. The topological polar surface area (TPSA) is 74.5 Å². The van der Waals surface area contributed by atoms with Crippen molar-refractivity contribution in [3.8, 4) is 11.8 Å². The van der Waals surface area contributed by atoms with Crippen LogP contribution in [0.1, 0.15) is 25.3 Å². The predicted octanol–water partition coefficient (Wildman–Crippen LogP) is 5.07. The molecule has 2 unspecified atom stereocenters. The number of halogens is 1. The van der Waals surface area contributed by atoms with E-state index in [0.29, 0.717) is 28.4 Å². The maximum absolute atomic E-state index is 13.3. The SMILES string of the molecule is COc1ccccc1NC(=O)C1=C(C)N=C(C)C(C#N)C1c1ccc(Br)cc1. The van der Waals surface area contributed by atoms with E-state index in [0.717, 1.165) is 10.0 Å². The zero-order chi connectivity index (χ0) is 20.3. The van der Waals surface area contributed by atoms with Gasteiger partial charge in [0.15, 0.2) is 0 Å². The van der Waals surface area contributed by atoms with Crippen LogP contribution in [0.25, 0.3) is 0 Å². The molecule has 1 heterocycles. The first kappa shape index (κ1) is 19.8. The number of hydrogen-bond donors (Lipinski definition) is 1. The largest absolute Gasteiger partial charge is 0.495 e. The molecule has 0 aliphatic carbocycles. The molecule has 1 aliphatic heterocycles. The minimum absolute atomic E-state index is 0.286. The Morgan fingerprint density at radius 1 is 1.18 bits per heavy atom. The van der Waals surface area contributed by atoms with Crippen LogP contribution in [0.3, 0.4) is 0 Å². The molecule has 1 amide bonds. The monoisotopic (exact) mass is 437 g/mol. The highest BCUT2D eigenvalue weighted by molar-refractivity contribution is 9.10. The minimum atomic E-state index is -0.511. The van der Waals surface area contributed by atoms with Gasteiger partial charge in [-0.2, -0.15) is 5.26 Å². The highest BCUT2D eigenvalue weighted by Gasteiger charge is 2.37. The molecule has 0 saturated carbocycles. The van der Waals surface area contributed by atoms with Gasteiger partial charge in [-0.15, -0.1) is 0 Å². The Kier molecular flexibility index (Phi) is 5.96. The average molecular weight is 438 g/mol. The van der Waals surface area contributed by atoms with Crippen molar-refractivity contribution in [3.05, 3.63) is 69.8 Å². The summed E-state index contributed by atoms with van der Waals surface area (Å²) in [5.41, 5.74) is 3.29. The number of carbonyl (C=O) groups excluding carboxylic acids is 1. The van der Waals surface area contributed by atoms with E-state index in [9.17, 15) is 10.1 Å². The lowest BCUT2D eigenvalue weighted by atomic mass is 9.76. The number of nitrogens with zero attached hydrogens (tertiary/aromatic N) is 2. The van der Waals surface area contributed by atoms with Crippen LogP contribution in [0, 0.1) is 17.2 Å². The van der Waals surface area contributed by atoms with Crippen LogP contribution in [-0.4, -0.2) is 18.7 Å². The molecule has 1 aliphatic rings. The Labute approximate surface area is 172 Å². The summed E-state index contributed by atoms with van der Waals surface area (Å²) in [5.74, 6) is -0.623. The summed E-state index contributed by atoms with van der Waals surface area (Å²) in [7, 11) is 1.56. The van der Waals surface area contributed by atoms with E-state index in [4.69, 9.17) is 4.74 Å². The van der Waals surface area contributed by atoms with Gasteiger partial charge in [0.05, 0.1) is 24.8 Å². The zero-order valence-electron chi connectivity index (χ0n) is 15.9. The van der Waals surface area contributed by atoms with E-state index in [1.54, 1.807) is 26.2 Å². The molecule has 142 valence electrons. The number of hydrogen-bond acceptors (Lipinski definition) is 4. The predicted molar refractivity (Wildman–Crippen MR) is 113 cm³/mol. The summed E-state index contributed by atoms with van der Waals surface area (Å²) in [6.45, 7) is 3.64. The first-order valence-corrected chi connectivity index (χ1v) is 9.61. The molecule has 28 heavy (non-hydrogen) atoms. The highest BCUT2D eigenvalue weighted by Crippen LogP contribution is 2.39. The third kappa shape index (κ3) is 3.85. The van der Waals surface area contributed by atoms with Crippen molar-refractivity contribution in [3.63, 3.8) is 0 Å². The second-order valence-electron chi connectivity index (χ2n) is 6.54. The maximum atomic E-state index is 13.3. The number of aliphatic imine (C=N–C) groups is 1. The fourth-order valence-electron chi connectivity index (χ4n) is 3.47. The van der Waals surface area contributed by atoms with E-state index >= 15 is 0 Å². The maximum Gasteiger partial charge on any atom is 0.254 e. The summed E-state index contributed by atoms with van der Waals surface area (Å²) in [4.78, 5) is 17.7. The second-order valence-corrected chi connectivity index (χ2v) is 7.46. The van der Waals surface area contributed by atoms with Gasteiger partial charge < -0.3 is 10.1 Å². The molecule has 0 bridgehead atoms. The van der Waals surface area contributed by atoms with Gasteiger partial charge in [-0.3, -0.25) is 9.79 Å². The van der Waals surface area contributed by atoms with Crippen molar-refractivity contribution in [1.82, 2.24) is 0 Å². The Bertz CT molecular complexity index is 1000. The summed E-state index contributed by atoms with van der Waals surface area (Å²) in [6, 6.07) is 17.2. The Balaban J connectivity index is 2.06. The van der Waals surface area contributed by atoms with Crippen molar-refractivity contribution in [1.29, 1.82) is 5.26 Å². The summed E-state index contributed by atoms with van der Waals surface area (Å²) < 4.78 is 6.27. The van der Waals surface area contributed by atoms with E-state index in [1.807, 2.05) is 43.3 Å². The molecule has 2 aromatic carbocycles. The number of ether oxygens (including phenoxy) is 1. The highest BCUT2D eigenvalue weighted by atomic mass is 79.9. The van der Waals surface area contributed by atoms with Crippen molar-refractivity contribution in [2.75, 3.05) is 12.4 Å². The third-order valence-corrected chi connectivity index (χ3v) is 5.32. The normalized spacial score (nSPS) is 18.9. The van der Waals surface area contributed by atoms with E-state index < -0.39 is 11.8 Å². The van der Waals surface area contributed by atoms with Crippen LogP contribution >= 0.6 is 15.9 Å². The van der Waals surface area contributed by atoms with Crippen molar-refractivity contribution in [2.45, 2.75) is 19.8 Å². The lowest BCUT2D eigenvalue weighted by Crippen LogP contribution is -2.31. The number of allylic oxidation sites excluding steroid dienone is 1. The molecule has 1 N–H and O–H groups in total. The quantitative estimate of drug-likeness (QED) is 0.725. The summed E-state index contributed by atoms with van der Waals surface area (Å²) in [6.07, 6.45) is 0. The fraction of sp³-hybridized carbons (Fsp3) is 0.227. The number of carbonyl (C=O) groups is 1. The fourth-order valence-corrected chi connectivity index (χ4v) is 3.73. The number of rotatable bonds is 4. The lowest BCUT2D eigenvalue weighted by molar-refractivity contribution is -0.113. The van der Waals surface area contributed by atoms with E-state index in [2.05, 4.69) is 32.3 Å². The number of benzene rings is 2.